The van der Waals surface area contributed by atoms with Crippen molar-refractivity contribution in [2.75, 3.05) is 0 Å². The van der Waals surface area contributed by atoms with E-state index in [4.69, 9.17) is 5.26 Å². The van der Waals surface area contributed by atoms with Crippen molar-refractivity contribution in [1.82, 2.24) is 0 Å². The minimum Gasteiger partial charge on any atom is -0.508 e. The maximum atomic E-state index is 9.31. The van der Waals surface area contributed by atoms with Crippen LogP contribution in [0.3, 0.4) is 0 Å². The number of benzene rings is 1. The number of rotatable bonds is 4. The third kappa shape index (κ3) is 3.10. The molecule has 0 spiro atoms. The van der Waals surface area contributed by atoms with Crippen LogP contribution in [0.2, 0.25) is 0 Å². The Morgan fingerprint density at radius 3 is 2.79 bits per heavy atom. The highest BCUT2D eigenvalue weighted by Crippen LogP contribution is 2.18. The van der Waals surface area contributed by atoms with Crippen molar-refractivity contribution in [2.45, 2.75) is 32.6 Å². The van der Waals surface area contributed by atoms with Crippen molar-refractivity contribution in [2.24, 2.45) is 0 Å². The minimum atomic E-state index is 0.353. The predicted octanol–water partition coefficient (Wildman–Crippen LogP) is 2.94. The van der Waals surface area contributed by atoms with E-state index in [1.807, 2.05) is 19.1 Å². The van der Waals surface area contributed by atoms with Gasteiger partial charge in [0.1, 0.15) is 5.75 Å². The summed E-state index contributed by atoms with van der Waals surface area (Å²) in [4.78, 5) is 0. The van der Waals surface area contributed by atoms with Crippen LogP contribution in [0, 0.1) is 18.3 Å². The monoisotopic (exact) mass is 189 g/mol. The second-order valence-electron chi connectivity index (χ2n) is 3.49. The molecular formula is C12H15NO. The molecule has 0 fully saturated rings. The predicted molar refractivity (Wildman–Crippen MR) is 56.0 cm³/mol. The van der Waals surface area contributed by atoms with Crippen LogP contribution in [0.5, 0.6) is 5.75 Å². The number of phenolic OH excluding ortho intramolecular Hbond substituents is 1. The maximum absolute atomic E-state index is 9.31. The second-order valence-corrected chi connectivity index (χ2v) is 3.49. The Kier molecular flexibility index (Phi) is 4.00. The summed E-state index contributed by atoms with van der Waals surface area (Å²) in [7, 11) is 0. The maximum Gasteiger partial charge on any atom is 0.118 e. The summed E-state index contributed by atoms with van der Waals surface area (Å²) in [5.41, 5.74) is 2.15. The SMILES string of the molecule is Cc1cc(CCCCC#N)ccc1O. The molecule has 1 aromatic carbocycles. The van der Waals surface area contributed by atoms with Crippen molar-refractivity contribution in [3.05, 3.63) is 29.3 Å². The van der Waals surface area contributed by atoms with Crippen molar-refractivity contribution in [3.8, 4) is 11.8 Å². The molecule has 2 nitrogen and oxygen atoms in total. The fourth-order valence-electron chi connectivity index (χ4n) is 1.41. The molecule has 2 heteroatoms. The first kappa shape index (κ1) is 10.6. The van der Waals surface area contributed by atoms with Gasteiger partial charge in [-0.05, 0) is 43.4 Å². The van der Waals surface area contributed by atoms with E-state index in [0.717, 1.165) is 24.8 Å². The number of phenols is 1. The van der Waals surface area contributed by atoms with E-state index in [1.54, 1.807) is 6.07 Å². The average Bonchev–Trinajstić information content (AvgIpc) is 2.18. The summed E-state index contributed by atoms with van der Waals surface area (Å²) in [6, 6.07) is 7.81. The van der Waals surface area contributed by atoms with Crippen LogP contribution in [0.25, 0.3) is 0 Å². The quantitative estimate of drug-likeness (QED) is 0.740. The lowest BCUT2D eigenvalue weighted by atomic mass is 10.0. The molecule has 0 bridgehead atoms. The zero-order chi connectivity index (χ0) is 10.4. The topological polar surface area (TPSA) is 44.0 Å². The van der Waals surface area contributed by atoms with E-state index in [-0.39, 0.29) is 0 Å². The van der Waals surface area contributed by atoms with Gasteiger partial charge >= 0.3 is 0 Å². The van der Waals surface area contributed by atoms with Gasteiger partial charge in [0.05, 0.1) is 6.07 Å². The van der Waals surface area contributed by atoms with E-state index in [1.165, 1.54) is 5.56 Å². The zero-order valence-electron chi connectivity index (χ0n) is 8.45. The molecule has 1 aromatic rings. The van der Waals surface area contributed by atoms with Gasteiger partial charge < -0.3 is 5.11 Å². The van der Waals surface area contributed by atoms with Gasteiger partial charge in [0.2, 0.25) is 0 Å². The summed E-state index contributed by atoms with van der Waals surface area (Å²) in [6.45, 7) is 1.90. The number of unbranched alkanes of at least 4 members (excludes halogenated alkanes) is 2. The minimum absolute atomic E-state index is 0.353. The van der Waals surface area contributed by atoms with Gasteiger partial charge in [0, 0.05) is 6.42 Å². The third-order valence-corrected chi connectivity index (χ3v) is 2.27. The van der Waals surface area contributed by atoms with Crippen LogP contribution in [0.4, 0.5) is 0 Å². The third-order valence-electron chi connectivity index (χ3n) is 2.27. The Labute approximate surface area is 84.8 Å². The van der Waals surface area contributed by atoms with E-state index in [9.17, 15) is 5.11 Å². The van der Waals surface area contributed by atoms with Gasteiger partial charge in [-0.3, -0.25) is 0 Å². The Bertz CT molecular complexity index is 339. The highest BCUT2D eigenvalue weighted by atomic mass is 16.3. The summed E-state index contributed by atoms with van der Waals surface area (Å²) >= 11 is 0. The first-order valence-corrected chi connectivity index (χ1v) is 4.89. The van der Waals surface area contributed by atoms with E-state index in [0.29, 0.717) is 12.2 Å². The van der Waals surface area contributed by atoms with Gasteiger partial charge in [-0.2, -0.15) is 5.26 Å². The second kappa shape index (κ2) is 5.29. The Balaban J connectivity index is 2.44. The average molecular weight is 189 g/mol. The Hall–Kier alpha value is -1.49. The van der Waals surface area contributed by atoms with Crippen LogP contribution in [0.15, 0.2) is 18.2 Å². The normalized spacial score (nSPS) is 9.71. The molecule has 0 unspecified atom stereocenters. The highest BCUT2D eigenvalue weighted by Gasteiger charge is 1.97. The summed E-state index contributed by atoms with van der Waals surface area (Å²) in [5, 5.41) is 17.7. The molecule has 74 valence electrons. The molecule has 0 amide bonds. The van der Waals surface area contributed by atoms with Crippen LogP contribution >= 0.6 is 0 Å². The van der Waals surface area contributed by atoms with Gasteiger partial charge in [0.25, 0.3) is 0 Å². The smallest absolute Gasteiger partial charge is 0.118 e. The molecule has 0 aliphatic carbocycles. The molecule has 0 saturated heterocycles. The van der Waals surface area contributed by atoms with Gasteiger partial charge in [-0.1, -0.05) is 12.1 Å². The molecule has 1 N–H and O–H groups in total. The fourth-order valence-corrected chi connectivity index (χ4v) is 1.41. The first-order chi connectivity index (χ1) is 6.74. The van der Waals surface area contributed by atoms with Gasteiger partial charge in [0.15, 0.2) is 0 Å². The van der Waals surface area contributed by atoms with Gasteiger partial charge in [-0.25, -0.2) is 0 Å². The number of hydrogen-bond donors (Lipinski definition) is 1. The molecule has 0 aliphatic heterocycles. The lowest BCUT2D eigenvalue weighted by molar-refractivity contribution is 0.471. The Morgan fingerprint density at radius 2 is 2.14 bits per heavy atom. The number of aromatic hydroxyl groups is 1. The highest BCUT2D eigenvalue weighted by molar-refractivity contribution is 5.34. The molecule has 0 saturated carbocycles. The fraction of sp³-hybridized carbons (Fsp3) is 0.417. The molecule has 14 heavy (non-hydrogen) atoms. The summed E-state index contributed by atoms with van der Waals surface area (Å²) < 4.78 is 0. The van der Waals surface area contributed by atoms with Gasteiger partial charge in [-0.15, -0.1) is 0 Å². The number of aryl methyl sites for hydroxylation is 2. The number of hydrogen-bond acceptors (Lipinski definition) is 2. The molecule has 0 atom stereocenters. The van der Waals surface area contributed by atoms with Crippen molar-refractivity contribution < 1.29 is 5.11 Å². The first-order valence-electron chi connectivity index (χ1n) is 4.89. The molecule has 0 heterocycles. The van der Waals surface area contributed by atoms with Crippen LogP contribution in [-0.2, 0) is 6.42 Å². The Morgan fingerprint density at radius 1 is 1.36 bits per heavy atom. The zero-order valence-corrected chi connectivity index (χ0v) is 8.45. The summed E-state index contributed by atoms with van der Waals surface area (Å²) in [6.07, 6.45) is 3.62. The lowest BCUT2D eigenvalue weighted by Crippen LogP contribution is -1.86. The molecular weight excluding hydrogens is 174 g/mol. The van der Waals surface area contributed by atoms with Crippen molar-refractivity contribution in [3.63, 3.8) is 0 Å². The van der Waals surface area contributed by atoms with E-state index >= 15 is 0 Å². The van der Waals surface area contributed by atoms with E-state index < -0.39 is 0 Å². The number of nitrogens with zero attached hydrogens (tertiary/aromatic N) is 1. The standard InChI is InChI=1S/C12H15NO/c1-10-9-11(6-7-12(10)14)5-3-2-4-8-13/h6-7,9,14H,2-5H2,1H3. The summed E-state index contributed by atoms with van der Waals surface area (Å²) in [5.74, 6) is 0.353. The molecule has 0 aliphatic rings. The molecule has 0 aromatic heterocycles. The number of nitriles is 1. The van der Waals surface area contributed by atoms with Crippen LogP contribution in [0.1, 0.15) is 30.4 Å². The van der Waals surface area contributed by atoms with Crippen LogP contribution in [-0.4, -0.2) is 5.11 Å². The largest absolute Gasteiger partial charge is 0.508 e. The van der Waals surface area contributed by atoms with E-state index in [2.05, 4.69) is 6.07 Å². The van der Waals surface area contributed by atoms with Crippen molar-refractivity contribution >= 4 is 0 Å². The lowest BCUT2D eigenvalue weighted by Gasteiger charge is -2.03. The van der Waals surface area contributed by atoms with Crippen LogP contribution < -0.4 is 0 Å². The van der Waals surface area contributed by atoms with Crippen molar-refractivity contribution in [1.29, 1.82) is 5.26 Å². The molecule has 1 rings (SSSR count). The molecule has 0 radical (unpaired) electrons.